The Hall–Kier alpha value is -1.66. The maximum Gasteiger partial charge on any atom is 0.196 e. The van der Waals surface area contributed by atoms with Crippen LogP contribution < -0.4 is 10.6 Å². The van der Waals surface area contributed by atoms with Gasteiger partial charge in [0, 0.05) is 5.69 Å². The van der Waals surface area contributed by atoms with Crippen LogP contribution in [0.4, 0.5) is 10.1 Å². The molecule has 4 nitrogen and oxygen atoms in total. The van der Waals surface area contributed by atoms with E-state index in [-0.39, 0.29) is 11.9 Å². The monoisotopic (exact) mass is 296 g/mol. The molecule has 1 aliphatic rings. The van der Waals surface area contributed by atoms with Gasteiger partial charge >= 0.3 is 0 Å². The zero-order chi connectivity index (χ0) is 13.4. The summed E-state index contributed by atoms with van der Waals surface area (Å²) in [6, 6.07) is 6.12. The Bertz CT molecular complexity index is 642. The van der Waals surface area contributed by atoms with Gasteiger partial charge in [-0.3, -0.25) is 4.99 Å². The van der Waals surface area contributed by atoms with E-state index < -0.39 is 0 Å². The lowest BCUT2D eigenvalue weighted by Crippen LogP contribution is -2.36. The van der Waals surface area contributed by atoms with Crippen LogP contribution in [0.25, 0.3) is 0 Å². The van der Waals surface area contributed by atoms with Crippen molar-refractivity contribution < 1.29 is 4.39 Å². The molecule has 1 atom stereocenters. The second-order valence-corrected chi connectivity index (χ2v) is 5.76. The Morgan fingerprint density at radius 1 is 1.47 bits per heavy atom. The number of aliphatic imine (C=N–C) groups is 1. The molecule has 0 saturated heterocycles. The maximum absolute atomic E-state index is 13.3. The number of thiazole rings is 1. The van der Waals surface area contributed by atoms with E-state index in [1.807, 2.05) is 0 Å². The van der Waals surface area contributed by atoms with Gasteiger partial charge in [-0.15, -0.1) is 11.3 Å². The second-order valence-electron chi connectivity index (χ2n) is 4.07. The van der Waals surface area contributed by atoms with E-state index in [2.05, 4.69) is 9.98 Å². The highest BCUT2D eigenvalue weighted by Gasteiger charge is 2.31. The first-order valence-electron chi connectivity index (χ1n) is 5.61. The molecule has 1 aromatic heterocycles. The Balaban J connectivity index is 1.99. The highest BCUT2D eigenvalue weighted by atomic mass is 35.5. The Morgan fingerprint density at radius 2 is 2.32 bits per heavy atom. The molecule has 0 saturated carbocycles. The fourth-order valence-electron chi connectivity index (χ4n) is 2.05. The average Bonchev–Trinajstić information content (AvgIpc) is 2.95. The van der Waals surface area contributed by atoms with Crippen LogP contribution in [0.15, 0.2) is 35.5 Å². The number of hydrogen-bond donors (Lipinski definition) is 1. The summed E-state index contributed by atoms with van der Waals surface area (Å²) in [5.41, 5.74) is 6.56. The first kappa shape index (κ1) is 12.4. The summed E-state index contributed by atoms with van der Waals surface area (Å²) in [6.45, 7) is 0.492. The predicted octanol–water partition coefficient (Wildman–Crippen LogP) is 2.81. The minimum Gasteiger partial charge on any atom is -0.369 e. The molecule has 1 unspecified atom stereocenters. The molecule has 0 radical (unpaired) electrons. The Morgan fingerprint density at radius 3 is 3.00 bits per heavy atom. The number of nitrogens with two attached hydrogens (primary N) is 1. The van der Waals surface area contributed by atoms with Crippen molar-refractivity contribution >= 4 is 34.6 Å². The zero-order valence-corrected chi connectivity index (χ0v) is 11.3. The van der Waals surface area contributed by atoms with Crippen LogP contribution in [-0.2, 0) is 0 Å². The number of aromatic nitrogens is 1. The minimum absolute atomic E-state index is 0.126. The molecule has 0 amide bonds. The first-order valence-corrected chi connectivity index (χ1v) is 6.80. The maximum atomic E-state index is 13.3. The summed E-state index contributed by atoms with van der Waals surface area (Å²) in [5.74, 6) is 0.0510. The molecule has 3 rings (SSSR count). The summed E-state index contributed by atoms with van der Waals surface area (Å²) < 4.78 is 14.0. The van der Waals surface area contributed by atoms with Crippen LogP contribution in [0, 0.1) is 5.82 Å². The number of anilines is 1. The lowest BCUT2D eigenvalue weighted by Gasteiger charge is -2.24. The number of benzene rings is 1. The van der Waals surface area contributed by atoms with Gasteiger partial charge in [-0.05, 0) is 18.2 Å². The van der Waals surface area contributed by atoms with Crippen LogP contribution in [0.2, 0.25) is 4.34 Å². The standard InChI is InChI=1S/C12H10ClFN4S/c13-10-6-16-11(19-10)9-5-17-12(15)18(9)8-3-1-2-7(14)4-8/h1-4,6,9H,5H2,(H2,15,17). The summed E-state index contributed by atoms with van der Waals surface area (Å²) in [7, 11) is 0. The first-order chi connectivity index (χ1) is 9.15. The van der Waals surface area contributed by atoms with Gasteiger partial charge in [-0.1, -0.05) is 17.7 Å². The molecule has 0 aliphatic carbocycles. The van der Waals surface area contributed by atoms with Crippen LogP contribution in [0.3, 0.4) is 0 Å². The van der Waals surface area contributed by atoms with Gasteiger partial charge in [0.05, 0.1) is 12.7 Å². The number of rotatable bonds is 2. The van der Waals surface area contributed by atoms with E-state index >= 15 is 0 Å². The van der Waals surface area contributed by atoms with Crippen molar-refractivity contribution in [2.45, 2.75) is 6.04 Å². The van der Waals surface area contributed by atoms with E-state index in [1.165, 1.54) is 23.5 Å². The number of hydrogen-bond acceptors (Lipinski definition) is 5. The van der Waals surface area contributed by atoms with Crippen LogP contribution in [-0.4, -0.2) is 17.5 Å². The molecular weight excluding hydrogens is 287 g/mol. The largest absolute Gasteiger partial charge is 0.369 e. The fourth-order valence-corrected chi connectivity index (χ4v) is 3.06. The van der Waals surface area contributed by atoms with Crippen LogP contribution in [0.1, 0.15) is 11.0 Å². The van der Waals surface area contributed by atoms with E-state index in [9.17, 15) is 4.39 Å². The molecule has 0 spiro atoms. The van der Waals surface area contributed by atoms with E-state index in [4.69, 9.17) is 17.3 Å². The SMILES string of the molecule is NC1=NCC(c2ncc(Cl)s2)N1c1cccc(F)c1. The topological polar surface area (TPSA) is 54.5 Å². The third-order valence-electron chi connectivity index (χ3n) is 2.85. The van der Waals surface area contributed by atoms with Crippen molar-refractivity contribution in [3.8, 4) is 0 Å². The number of halogens is 2. The van der Waals surface area contributed by atoms with Crippen molar-refractivity contribution in [3.05, 3.63) is 45.6 Å². The summed E-state index contributed by atoms with van der Waals surface area (Å²) in [4.78, 5) is 10.2. The molecule has 7 heteroatoms. The fraction of sp³-hybridized carbons (Fsp3) is 0.167. The van der Waals surface area contributed by atoms with Crippen molar-refractivity contribution in [2.75, 3.05) is 11.4 Å². The summed E-state index contributed by atoms with van der Waals surface area (Å²) >= 11 is 7.28. The van der Waals surface area contributed by atoms with Gasteiger partial charge in [-0.2, -0.15) is 0 Å². The van der Waals surface area contributed by atoms with Gasteiger partial charge in [0.25, 0.3) is 0 Å². The molecular formula is C12H10ClFN4S. The third kappa shape index (κ3) is 2.29. The highest BCUT2D eigenvalue weighted by molar-refractivity contribution is 7.15. The van der Waals surface area contributed by atoms with Gasteiger partial charge in [-0.25, -0.2) is 9.37 Å². The van der Waals surface area contributed by atoms with Gasteiger partial charge < -0.3 is 10.6 Å². The second kappa shape index (κ2) is 4.79. The normalized spacial score (nSPS) is 18.7. The molecule has 2 aromatic rings. The van der Waals surface area contributed by atoms with Crippen LogP contribution in [0.5, 0.6) is 0 Å². The Labute approximate surface area is 118 Å². The molecule has 19 heavy (non-hydrogen) atoms. The quantitative estimate of drug-likeness (QED) is 0.927. The number of nitrogens with zero attached hydrogens (tertiary/aromatic N) is 3. The van der Waals surface area contributed by atoms with E-state index in [1.54, 1.807) is 23.2 Å². The smallest absolute Gasteiger partial charge is 0.196 e. The average molecular weight is 297 g/mol. The zero-order valence-electron chi connectivity index (χ0n) is 9.75. The molecule has 0 fully saturated rings. The van der Waals surface area contributed by atoms with Crippen molar-refractivity contribution in [1.29, 1.82) is 0 Å². The lowest BCUT2D eigenvalue weighted by atomic mass is 10.2. The van der Waals surface area contributed by atoms with Crippen LogP contribution >= 0.6 is 22.9 Å². The molecule has 0 bridgehead atoms. The minimum atomic E-state index is -0.312. The van der Waals surface area contributed by atoms with E-state index in [0.29, 0.717) is 22.5 Å². The third-order valence-corrected chi connectivity index (χ3v) is 4.07. The molecule has 1 aromatic carbocycles. The summed E-state index contributed by atoms with van der Waals surface area (Å²) in [6.07, 6.45) is 1.60. The lowest BCUT2D eigenvalue weighted by molar-refractivity contribution is 0.626. The van der Waals surface area contributed by atoms with Crippen molar-refractivity contribution in [1.82, 2.24) is 4.98 Å². The van der Waals surface area contributed by atoms with Gasteiger partial charge in [0.2, 0.25) is 0 Å². The van der Waals surface area contributed by atoms with Gasteiger partial charge in [0.15, 0.2) is 5.96 Å². The molecule has 1 aliphatic heterocycles. The highest BCUT2D eigenvalue weighted by Crippen LogP contribution is 2.34. The van der Waals surface area contributed by atoms with Crippen molar-refractivity contribution in [3.63, 3.8) is 0 Å². The Kier molecular flexibility index (Phi) is 3.12. The summed E-state index contributed by atoms with van der Waals surface area (Å²) in [5, 5.41) is 0.818. The van der Waals surface area contributed by atoms with Crippen molar-refractivity contribution in [2.24, 2.45) is 10.7 Å². The number of guanidine groups is 1. The predicted molar refractivity (Wildman–Crippen MR) is 75.2 cm³/mol. The molecule has 2 heterocycles. The molecule has 2 N–H and O–H groups in total. The van der Waals surface area contributed by atoms with Gasteiger partial charge in [0.1, 0.15) is 21.2 Å². The van der Waals surface area contributed by atoms with E-state index in [0.717, 1.165) is 5.01 Å². The molecule has 98 valence electrons.